The van der Waals surface area contributed by atoms with Crippen molar-refractivity contribution in [3.63, 3.8) is 0 Å². The number of carbonyl (C=O) groups excluding carboxylic acids is 1. The lowest BCUT2D eigenvalue weighted by molar-refractivity contribution is 0.0935. The van der Waals surface area contributed by atoms with E-state index in [2.05, 4.69) is 43.5 Å². The van der Waals surface area contributed by atoms with Gasteiger partial charge in [-0.2, -0.15) is 0 Å². The third-order valence-electron chi connectivity index (χ3n) is 3.94. The van der Waals surface area contributed by atoms with Crippen LogP contribution in [0.5, 0.6) is 0 Å². The number of aryl methyl sites for hydroxylation is 3. The summed E-state index contributed by atoms with van der Waals surface area (Å²) in [4.78, 5) is 12.2. The van der Waals surface area contributed by atoms with Gasteiger partial charge in [-0.05, 0) is 55.2 Å². The van der Waals surface area contributed by atoms with Crippen molar-refractivity contribution in [1.82, 2.24) is 5.32 Å². The molecule has 2 aromatic carbocycles. The molecule has 1 heterocycles. The molecule has 3 heteroatoms. The molecule has 3 rings (SSSR count). The van der Waals surface area contributed by atoms with E-state index in [4.69, 9.17) is 0 Å². The lowest BCUT2D eigenvalue weighted by Gasteiger charge is -2.29. The molecule has 1 aliphatic rings. The van der Waals surface area contributed by atoms with Crippen LogP contribution in [0, 0.1) is 20.8 Å². The molecule has 1 aliphatic heterocycles. The van der Waals surface area contributed by atoms with Crippen LogP contribution in [0.3, 0.4) is 0 Å². The Morgan fingerprint density at radius 1 is 0.900 bits per heavy atom. The summed E-state index contributed by atoms with van der Waals surface area (Å²) < 4.78 is 0. The topological polar surface area (TPSA) is 41.1 Å². The Morgan fingerprint density at radius 3 is 2.40 bits per heavy atom. The number of benzene rings is 2. The zero-order valence-corrected chi connectivity index (χ0v) is 11.9. The third kappa shape index (κ3) is 2.05. The minimum atomic E-state index is -0.170. The highest BCUT2D eigenvalue weighted by molar-refractivity contribution is 6.01. The van der Waals surface area contributed by atoms with E-state index in [1.807, 2.05) is 24.3 Å². The summed E-state index contributed by atoms with van der Waals surface area (Å²) in [5, 5.41) is 6.43. The number of rotatable bonds is 1. The molecule has 0 radical (unpaired) electrons. The number of nitrogens with one attached hydrogen (secondary N) is 2. The van der Waals surface area contributed by atoms with E-state index in [0.29, 0.717) is 5.56 Å². The van der Waals surface area contributed by atoms with Gasteiger partial charge < -0.3 is 10.6 Å². The minimum absolute atomic E-state index is 0.0259. The van der Waals surface area contributed by atoms with E-state index >= 15 is 0 Å². The minimum Gasteiger partial charge on any atom is -0.361 e. The maximum Gasteiger partial charge on any atom is 0.255 e. The van der Waals surface area contributed by atoms with Crippen LogP contribution in [-0.4, -0.2) is 5.91 Å². The van der Waals surface area contributed by atoms with Crippen LogP contribution in [0.15, 0.2) is 36.4 Å². The van der Waals surface area contributed by atoms with Gasteiger partial charge in [-0.15, -0.1) is 0 Å². The van der Waals surface area contributed by atoms with E-state index in [-0.39, 0.29) is 12.1 Å². The Kier molecular flexibility index (Phi) is 2.97. The van der Waals surface area contributed by atoms with Gasteiger partial charge in [0, 0.05) is 5.69 Å². The second-order valence-corrected chi connectivity index (χ2v) is 5.39. The molecule has 2 N–H and O–H groups in total. The van der Waals surface area contributed by atoms with Crippen molar-refractivity contribution in [2.75, 3.05) is 5.32 Å². The van der Waals surface area contributed by atoms with Gasteiger partial charge in [0.05, 0.1) is 5.56 Å². The molecule has 3 nitrogen and oxygen atoms in total. The average molecular weight is 266 g/mol. The van der Waals surface area contributed by atoms with Gasteiger partial charge in [-0.1, -0.05) is 24.3 Å². The molecule has 1 atom stereocenters. The molecular weight excluding hydrogens is 248 g/mol. The van der Waals surface area contributed by atoms with Gasteiger partial charge in [0.2, 0.25) is 0 Å². The van der Waals surface area contributed by atoms with E-state index in [9.17, 15) is 4.79 Å². The Labute approximate surface area is 119 Å². The van der Waals surface area contributed by atoms with Gasteiger partial charge in [0.25, 0.3) is 5.91 Å². The van der Waals surface area contributed by atoms with Crippen LogP contribution in [0.4, 0.5) is 5.69 Å². The first-order chi connectivity index (χ1) is 9.56. The monoisotopic (exact) mass is 266 g/mol. The van der Waals surface area contributed by atoms with Crippen molar-refractivity contribution in [2.45, 2.75) is 26.9 Å². The van der Waals surface area contributed by atoms with Crippen molar-refractivity contribution in [2.24, 2.45) is 0 Å². The third-order valence-corrected chi connectivity index (χ3v) is 3.94. The fraction of sp³-hybridized carbons (Fsp3) is 0.235. The molecule has 0 aromatic heterocycles. The second-order valence-electron chi connectivity index (χ2n) is 5.39. The summed E-state index contributed by atoms with van der Waals surface area (Å²) in [5.41, 5.74) is 6.40. The quantitative estimate of drug-likeness (QED) is 0.830. The molecule has 1 amide bonds. The number of hydrogen-bond acceptors (Lipinski definition) is 2. The van der Waals surface area contributed by atoms with Crippen LogP contribution in [0.2, 0.25) is 0 Å². The number of hydrogen-bond donors (Lipinski definition) is 2. The number of anilines is 1. The lowest BCUT2D eigenvalue weighted by Crippen LogP contribution is -2.38. The van der Waals surface area contributed by atoms with Crippen molar-refractivity contribution >= 4 is 11.6 Å². The SMILES string of the molecule is Cc1cc(C)c([C@H]2NC(=O)c3ccccc3N2)cc1C. The number of para-hydroxylation sites is 1. The molecule has 0 unspecified atom stereocenters. The normalized spacial score (nSPS) is 17.1. The zero-order chi connectivity index (χ0) is 14.3. The van der Waals surface area contributed by atoms with Crippen LogP contribution >= 0.6 is 0 Å². The summed E-state index contributed by atoms with van der Waals surface area (Å²) in [6.45, 7) is 6.28. The van der Waals surface area contributed by atoms with Gasteiger partial charge in [-0.3, -0.25) is 4.79 Å². The first-order valence-electron chi connectivity index (χ1n) is 6.80. The standard InChI is InChI=1S/C17H18N2O/c1-10-8-12(3)14(9-11(10)2)16-18-15-7-5-4-6-13(15)17(20)19-16/h4-9,16,18H,1-3H3,(H,19,20)/t16-/m1/s1. The Hall–Kier alpha value is -2.29. The van der Waals surface area contributed by atoms with Crippen LogP contribution < -0.4 is 10.6 Å². The highest BCUT2D eigenvalue weighted by Gasteiger charge is 2.25. The molecule has 20 heavy (non-hydrogen) atoms. The summed E-state index contributed by atoms with van der Waals surface area (Å²) in [7, 11) is 0. The molecular formula is C17H18N2O. The van der Waals surface area contributed by atoms with E-state index in [1.165, 1.54) is 16.7 Å². The predicted molar refractivity (Wildman–Crippen MR) is 80.9 cm³/mol. The molecule has 102 valence electrons. The van der Waals surface area contributed by atoms with Crippen LogP contribution in [0.1, 0.15) is 38.8 Å². The largest absolute Gasteiger partial charge is 0.361 e. The lowest BCUT2D eigenvalue weighted by atomic mass is 9.97. The molecule has 0 saturated heterocycles. The van der Waals surface area contributed by atoms with E-state index in [1.54, 1.807) is 0 Å². The summed E-state index contributed by atoms with van der Waals surface area (Å²) in [5.74, 6) is -0.0259. The summed E-state index contributed by atoms with van der Waals surface area (Å²) in [6.07, 6.45) is -0.170. The molecule has 0 aliphatic carbocycles. The van der Waals surface area contributed by atoms with Crippen LogP contribution in [-0.2, 0) is 0 Å². The van der Waals surface area contributed by atoms with Gasteiger partial charge in [-0.25, -0.2) is 0 Å². The highest BCUT2D eigenvalue weighted by Crippen LogP contribution is 2.29. The van der Waals surface area contributed by atoms with Crippen molar-refractivity contribution in [1.29, 1.82) is 0 Å². The Bertz CT molecular complexity index is 691. The maximum atomic E-state index is 12.2. The summed E-state index contributed by atoms with van der Waals surface area (Å²) in [6, 6.07) is 11.9. The van der Waals surface area contributed by atoms with Crippen molar-refractivity contribution < 1.29 is 4.79 Å². The van der Waals surface area contributed by atoms with Gasteiger partial charge >= 0.3 is 0 Å². The van der Waals surface area contributed by atoms with E-state index in [0.717, 1.165) is 11.3 Å². The molecule has 0 saturated carbocycles. The summed E-state index contributed by atoms with van der Waals surface area (Å²) >= 11 is 0. The zero-order valence-electron chi connectivity index (χ0n) is 11.9. The van der Waals surface area contributed by atoms with Crippen LogP contribution in [0.25, 0.3) is 0 Å². The highest BCUT2D eigenvalue weighted by atomic mass is 16.2. The van der Waals surface area contributed by atoms with E-state index < -0.39 is 0 Å². The fourth-order valence-corrected chi connectivity index (χ4v) is 2.66. The average Bonchev–Trinajstić information content (AvgIpc) is 2.43. The number of amides is 1. The number of fused-ring (bicyclic) bond motifs is 1. The van der Waals surface area contributed by atoms with Crippen molar-refractivity contribution in [3.8, 4) is 0 Å². The first-order valence-corrected chi connectivity index (χ1v) is 6.80. The molecule has 0 spiro atoms. The fourth-order valence-electron chi connectivity index (χ4n) is 2.66. The molecule has 0 bridgehead atoms. The van der Waals surface area contributed by atoms with Crippen molar-refractivity contribution in [3.05, 3.63) is 64.2 Å². The van der Waals surface area contributed by atoms with Gasteiger partial charge in [0.1, 0.15) is 6.17 Å². The smallest absolute Gasteiger partial charge is 0.255 e. The Morgan fingerprint density at radius 2 is 1.60 bits per heavy atom. The first kappa shape index (κ1) is 12.7. The second kappa shape index (κ2) is 4.67. The van der Waals surface area contributed by atoms with Gasteiger partial charge in [0.15, 0.2) is 0 Å². The predicted octanol–water partition coefficient (Wildman–Crippen LogP) is 3.47. The molecule has 2 aromatic rings. The molecule has 0 fully saturated rings. The maximum absolute atomic E-state index is 12.2. The number of carbonyl (C=O) groups is 1. The Balaban J connectivity index is 2.02.